The van der Waals surface area contributed by atoms with Gasteiger partial charge in [0.05, 0.1) is 11.5 Å². The molecule has 0 aromatic rings. The molecule has 0 saturated carbocycles. The molecule has 3 aliphatic heterocycles. The van der Waals surface area contributed by atoms with Gasteiger partial charge in [-0.25, -0.2) is 0 Å². The second-order valence-corrected chi connectivity index (χ2v) is 9.67. The number of hydrogen-bond acceptors (Lipinski definition) is 6. The quantitative estimate of drug-likeness (QED) is 0.352. The number of aliphatic hydroxyl groups excluding tert-OH is 1. The molecular formula is C25H38N2O6. The summed E-state index contributed by atoms with van der Waals surface area (Å²) in [5.74, 6) is -2.52. The first-order chi connectivity index (χ1) is 15.7. The number of hydrogen-bond donors (Lipinski definition) is 1. The van der Waals surface area contributed by atoms with Crippen molar-refractivity contribution in [2.45, 2.75) is 76.2 Å². The molecule has 2 bridgehead atoms. The highest BCUT2D eigenvalue weighted by Crippen LogP contribution is 2.63. The van der Waals surface area contributed by atoms with E-state index in [1.165, 1.54) is 11.0 Å². The monoisotopic (exact) mass is 462 g/mol. The van der Waals surface area contributed by atoms with Crippen LogP contribution >= 0.6 is 0 Å². The Morgan fingerprint density at radius 3 is 2.70 bits per heavy atom. The van der Waals surface area contributed by atoms with Crippen molar-refractivity contribution in [1.29, 1.82) is 0 Å². The van der Waals surface area contributed by atoms with E-state index >= 15 is 0 Å². The lowest BCUT2D eigenvalue weighted by Crippen LogP contribution is -2.58. The Hall–Kier alpha value is -2.19. The maximum Gasteiger partial charge on any atom is 0.313 e. The molecule has 3 aliphatic rings. The summed E-state index contributed by atoms with van der Waals surface area (Å²) in [6.07, 6.45) is 6.34. The Morgan fingerprint density at radius 1 is 1.36 bits per heavy atom. The minimum atomic E-state index is -1.08. The Balaban J connectivity index is 2.04. The van der Waals surface area contributed by atoms with Crippen LogP contribution in [0.5, 0.6) is 0 Å². The molecule has 1 spiro atoms. The molecule has 0 radical (unpaired) electrons. The molecule has 8 nitrogen and oxygen atoms in total. The SMILES string of the molecule is C=CCOC(=O)[C@H]1[C@H]2C(=O)N(CCCO)C(C(=O)N(CC=C)C(C)CCC)C23CC[C@]1(C)O3. The van der Waals surface area contributed by atoms with Gasteiger partial charge in [0, 0.05) is 25.7 Å². The van der Waals surface area contributed by atoms with E-state index in [1.807, 2.05) is 13.8 Å². The molecule has 6 atom stereocenters. The lowest BCUT2D eigenvalue weighted by Gasteiger charge is -2.39. The van der Waals surface area contributed by atoms with Crippen molar-refractivity contribution in [3.63, 3.8) is 0 Å². The molecule has 184 valence electrons. The topological polar surface area (TPSA) is 96.4 Å². The van der Waals surface area contributed by atoms with Gasteiger partial charge in [-0.05, 0) is 39.5 Å². The van der Waals surface area contributed by atoms with Crippen LogP contribution in [-0.4, -0.2) is 82.3 Å². The average molecular weight is 463 g/mol. The maximum atomic E-state index is 14.1. The normalized spacial score (nSPS) is 33.0. The number of nitrogens with zero attached hydrogens (tertiary/aromatic N) is 2. The zero-order valence-electron chi connectivity index (χ0n) is 20.1. The van der Waals surface area contributed by atoms with Crippen molar-refractivity contribution in [3.05, 3.63) is 25.3 Å². The van der Waals surface area contributed by atoms with E-state index in [2.05, 4.69) is 20.1 Å². The predicted molar refractivity (Wildman–Crippen MR) is 123 cm³/mol. The van der Waals surface area contributed by atoms with Crippen LogP contribution in [0.3, 0.4) is 0 Å². The molecule has 3 saturated heterocycles. The van der Waals surface area contributed by atoms with E-state index in [0.717, 1.165) is 12.8 Å². The van der Waals surface area contributed by atoms with Gasteiger partial charge in [0.2, 0.25) is 11.8 Å². The van der Waals surface area contributed by atoms with Gasteiger partial charge in [-0.3, -0.25) is 14.4 Å². The molecule has 0 aliphatic carbocycles. The number of esters is 1. The van der Waals surface area contributed by atoms with Gasteiger partial charge in [-0.2, -0.15) is 0 Å². The standard InChI is InChI=1S/C25H38N2O6/c1-6-10-17(4)26(13-7-2)22(30)20-25-12-11-24(5,33-25)19(23(31)32-16-8-3)18(25)21(29)27(20)14-9-15-28/h7-8,17-20,28H,2-3,6,9-16H2,1,4-5H3/t17?,18-,19+,20?,24-,25?/m0/s1. The summed E-state index contributed by atoms with van der Waals surface area (Å²) >= 11 is 0. The molecular weight excluding hydrogens is 424 g/mol. The molecule has 0 aromatic carbocycles. The molecule has 3 heterocycles. The van der Waals surface area contributed by atoms with Crippen LogP contribution in [0.15, 0.2) is 25.3 Å². The van der Waals surface area contributed by atoms with Gasteiger partial charge in [-0.15, -0.1) is 6.58 Å². The van der Waals surface area contributed by atoms with Gasteiger partial charge in [0.1, 0.15) is 24.2 Å². The van der Waals surface area contributed by atoms with Crippen molar-refractivity contribution in [3.8, 4) is 0 Å². The molecule has 33 heavy (non-hydrogen) atoms. The minimum absolute atomic E-state index is 0.0340. The minimum Gasteiger partial charge on any atom is -0.461 e. The Labute approximate surface area is 196 Å². The number of carbonyl (C=O) groups is 3. The molecule has 1 N–H and O–H groups in total. The van der Waals surface area contributed by atoms with E-state index in [0.29, 0.717) is 25.8 Å². The summed E-state index contributed by atoms with van der Waals surface area (Å²) < 4.78 is 11.9. The van der Waals surface area contributed by atoms with Crippen LogP contribution < -0.4 is 0 Å². The lowest BCUT2D eigenvalue weighted by molar-refractivity contribution is -0.159. The zero-order chi connectivity index (χ0) is 24.4. The molecule has 3 unspecified atom stereocenters. The fraction of sp³-hybridized carbons (Fsp3) is 0.720. The van der Waals surface area contributed by atoms with Crippen molar-refractivity contribution >= 4 is 17.8 Å². The second kappa shape index (κ2) is 9.97. The van der Waals surface area contributed by atoms with Gasteiger partial charge in [0.25, 0.3) is 0 Å². The number of amides is 2. The Kier molecular flexibility index (Phi) is 7.69. The van der Waals surface area contributed by atoms with Crippen molar-refractivity contribution in [1.82, 2.24) is 9.80 Å². The third-order valence-corrected chi connectivity index (χ3v) is 7.51. The summed E-state index contributed by atoms with van der Waals surface area (Å²) in [5, 5.41) is 9.44. The molecule has 3 fully saturated rings. The number of likely N-dealkylation sites (tertiary alicyclic amines) is 1. The second-order valence-electron chi connectivity index (χ2n) is 9.67. The zero-order valence-corrected chi connectivity index (χ0v) is 20.1. The molecule has 0 aromatic heterocycles. The highest BCUT2D eigenvalue weighted by Gasteiger charge is 2.78. The first kappa shape index (κ1) is 25.4. The number of carbonyl (C=O) groups excluding carboxylic acids is 3. The number of fused-ring (bicyclic) bond motifs is 1. The van der Waals surface area contributed by atoms with Crippen LogP contribution in [0, 0.1) is 11.8 Å². The van der Waals surface area contributed by atoms with Crippen LogP contribution in [0.4, 0.5) is 0 Å². The van der Waals surface area contributed by atoms with Gasteiger partial charge in [-0.1, -0.05) is 32.1 Å². The third-order valence-electron chi connectivity index (χ3n) is 7.51. The summed E-state index contributed by atoms with van der Waals surface area (Å²) in [6.45, 7) is 13.8. The van der Waals surface area contributed by atoms with E-state index < -0.39 is 35.0 Å². The summed E-state index contributed by atoms with van der Waals surface area (Å²) in [4.78, 5) is 44.1. The molecule has 2 amide bonds. The van der Waals surface area contributed by atoms with Gasteiger partial charge in [0.15, 0.2) is 0 Å². The van der Waals surface area contributed by atoms with E-state index in [1.54, 1.807) is 11.0 Å². The first-order valence-corrected chi connectivity index (χ1v) is 12.0. The lowest BCUT2D eigenvalue weighted by atomic mass is 9.66. The summed E-state index contributed by atoms with van der Waals surface area (Å²) in [6, 6.07) is -0.881. The first-order valence-electron chi connectivity index (χ1n) is 12.0. The molecule has 8 heteroatoms. The van der Waals surface area contributed by atoms with Gasteiger partial charge >= 0.3 is 5.97 Å². The van der Waals surface area contributed by atoms with Crippen LogP contribution in [0.25, 0.3) is 0 Å². The fourth-order valence-electron chi connectivity index (χ4n) is 6.13. The highest BCUT2D eigenvalue weighted by atomic mass is 16.6. The van der Waals surface area contributed by atoms with Crippen LogP contribution in [0.2, 0.25) is 0 Å². The third kappa shape index (κ3) is 4.12. The largest absolute Gasteiger partial charge is 0.461 e. The van der Waals surface area contributed by atoms with E-state index in [-0.39, 0.29) is 37.6 Å². The number of rotatable bonds is 12. The fourth-order valence-corrected chi connectivity index (χ4v) is 6.13. The van der Waals surface area contributed by atoms with Gasteiger partial charge < -0.3 is 24.4 Å². The summed E-state index contributed by atoms with van der Waals surface area (Å²) in [5.41, 5.74) is -1.94. The smallest absolute Gasteiger partial charge is 0.313 e. The number of ether oxygens (including phenoxy) is 2. The predicted octanol–water partition coefficient (Wildman–Crippen LogP) is 2.07. The Bertz CT molecular complexity index is 800. The highest BCUT2D eigenvalue weighted by molar-refractivity contribution is 5.98. The average Bonchev–Trinajstić information content (AvgIpc) is 3.34. The van der Waals surface area contributed by atoms with Crippen molar-refractivity contribution in [2.24, 2.45) is 11.8 Å². The maximum absolute atomic E-state index is 14.1. The van der Waals surface area contributed by atoms with Crippen molar-refractivity contribution < 1.29 is 29.0 Å². The van der Waals surface area contributed by atoms with E-state index in [9.17, 15) is 19.5 Å². The van der Waals surface area contributed by atoms with E-state index in [4.69, 9.17) is 9.47 Å². The van der Waals surface area contributed by atoms with Crippen LogP contribution in [-0.2, 0) is 23.9 Å². The number of aliphatic hydroxyl groups is 1. The van der Waals surface area contributed by atoms with Crippen molar-refractivity contribution in [2.75, 3.05) is 26.3 Å². The Morgan fingerprint density at radius 2 is 2.09 bits per heavy atom. The molecule has 3 rings (SSSR count). The van der Waals surface area contributed by atoms with Crippen LogP contribution in [0.1, 0.15) is 52.9 Å². The summed E-state index contributed by atoms with van der Waals surface area (Å²) in [7, 11) is 0.